The molecule has 0 aliphatic carbocycles. The molecule has 31 heavy (non-hydrogen) atoms. The lowest BCUT2D eigenvalue weighted by Crippen LogP contribution is -2.47. The highest BCUT2D eigenvalue weighted by molar-refractivity contribution is 5.93. The normalized spacial score (nSPS) is 22.5. The summed E-state index contributed by atoms with van der Waals surface area (Å²) < 4.78 is 0. The lowest BCUT2D eigenvalue weighted by Gasteiger charge is -2.38. The van der Waals surface area contributed by atoms with Gasteiger partial charge >= 0.3 is 0 Å². The Kier molecular flexibility index (Phi) is 5.30. The highest BCUT2D eigenvalue weighted by atomic mass is 15.2. The number of hydrogen-bond acceptors (Lipinski definition) is 5. The van der Waals surface area contributed by atoms with Crippen molar-refractivity contribution < 1.29 is 0 Å². The number of nitrogens with one attached hydrogen (secondary N) is 1. The summed E-state index contributed by atoms with van der Waals surface area (Å²) in [6.07, 6.45) is 4.51. The fraction of sp³-hybridized carbons (Fsp3) is 0.462. The summed E-state index contributed by atoms with van der Waals surface area (Å²) in [6.45, 7) is 10.1. The van der Waals surface area contributed by atoms with Gasteiger partial charge in [-0.15, -0.1) is 5.10 Å². The second-order valence-corrected chi connectivity index (χ2v) is 9.45. The van der Waals surface area contributed by atoms with Crippen molar-refractivity contribution in [1.82, 2.24) is 15.1 Å². The zero-order valence-electron chi connectivity index (χ0n) is 19.1. The van der Waals surface area contributed by atoms with E-state index in [0.29, 0.717) is 6.04 Å². The molecule has 3 heterocycles. The molecule has 2 fully saturated rings. The molecule has 2 unspecified atom stereocenters. The molecule has 162 valence electrons. The third-order valence-corrected chi connectivity index (χ3v) is 7.62. The van der Waals surface area contributed by atoms with Gasteiger partial charge in [0.25, 0.3) is 0 Å². The summed E-state index contributed by atoms with van der Waals surface area (Å²) in [4.78, 5) is 5.10. The van der Waals surface area contributed by atoms with E-state index in [0.717, 1.165) is 35.6 Å². The second kappa shape index (κ2) is 8.12. The highest BCUT2D eigenvalue weighted by Gasteiger charge is 2.36. The molecule has 0 spiro atoms. The molecule has 2 saturated heterocycles. The molecule has 2 aliphatic heterocycles. The third kappa shape index (κ3) is 3.76. The molecule has 0 radical (unpaired) electrons. The predicted molar refractivity (Wildman–Crippen MR) is 129 cm³/mol. The SMILES string of the molecule is Cc1cccc([C@@H](C)Nc2nncc3ccc(N4CCC5CCN(C)C5C4)cc23)c1C. The maximum Gasteiger partial charge on any atom is 0.157 e. The van der Waals surface area contributed by atoms with Crippen LogP contribution in [0.2, 0.25) is 0 Å². The summed E-state index contributed by atoms with van der Waals surface area (Å²) in [5.41, 5.74) is 5.25. The van der Waals surface area contributed by atoms with E-state index >= 15 is 0 Å². The van der Waals surface area contributed by atoms with E-state index in [2.05, 4.69) is 89.5 Å². The Balaban J connectivity index is 1.44. The number of benzene rings is 2. The van der Waals surface area contributed by atoms with Crippen molar-refractivity contribution in [3.63, 3.8) is 0 Å². The second-order valence-electron chi connectivity index (χ2n) is 9.45. The lowest BCUT2D eigenvalue weighted by atomic mass is 9.92. The van der Waals surface area contributed by atoms with Crippen molar-refractivity contribution in [3.8, 4) is 0 Å². The fourth-order valence-corrected chi connectivity index (χ4v) is 5.48. The number of aromatic nitrogens is 2. The Morgan fingerprint density at radius 2 is 1.94 bits per heavy atom. The lowest BCUT2D eigenvalue weighted by molar-refractivity contribution is 0.246. The minimum absolute atomic E-state index is 0.159. The van der Waals surface area contributed by atoms with Gasteiger partial charge in [0.2, 0.25) is 0 Å². The molecular weight excluding hydrogens is 382 g/mol. The number of aryl methyl sites for hydroxylation is 1. The Morgan fingerprint density at radius 3 is 2.81 bits per heavy atom. The summed E-state index contributed by atoms with van der Waals surface area (Å²) in [7, 11) is 2.28. The van der Waals surface area contributed by atoms with Crippen molar-refractivity contribution in [1.29, 1.82) is 0 Å². The molecule has 5 rings (SSSR count). The molecular formula is C26H33N5. The molecule has 3 aromatic rings. The Hall–Kier alpha value is -2.66. The first-order chi connectivity index (χ1) is 15.0. The molecule has 2 aliphatic rings. The van der Waals surface area contributed by atoms with Gasteiger partial charge < -0.3 is 15.1 Å². The van der Waals surface area contributed by atoms with Crippen LogP contribution in [0, 0.1) is 19.8 Å². The highest BCUT2D eigenvalue weighted by Crippen LogP contribution is 2.35. The number of likely N-dealkylation sites (tertiary alicyclic amines) is 1. The number of anilines is 2. The van der Waals surface area contributed by atoms with Crippen LogP contribution in [0.4, 0.5) is 11.5 Å². The van der Waals surface area contributed by atoms with E-state index in [1.54, 1.807) is 0 Å². The van der Waals surface area contributed by atoms with Gasteiger partial charge in [0.1, 0.15) is 0 Å². The van der Waals surface area contributed by atoms with Crippen LogP contribution in [0.3, 0.4) is 0 Å². The van der Waals surface area contributed by atoms with Crippen molar-refractivity contribution in [2.24, 2.45) is 5.92 Å². The third-order valence-electron chi connectivity index (χ3n) is 7.62. The monoisotopic (exact) mass is 415 g/mol. The molecule has 2 aromatic carbocycles. The molecule has 5 heteroatoms. The van der Waals surface area contributed by atoms with Gasteiger partial charge in [0.05, 0.1) is 12.2 Å². The summed E-state index contributed by atoms with van der Waals surface area (Å²) in [5.74, 6) is 1.73. The van der Waals surface area contributed by atoms with Crippen LogP contribution in [-0.4, -0.2) is 47.8 Å². The van der Waals surface area contributed by atoms with Gasteiger partial charge in [-0.2, -0.15) is 5.10 Å². The standard InChI is InChI=1S/C26H33N5/c1-17-6-5-7-23(18(17)2)19(3)28-26-24-14-22(9-8-21(24)15-27-29-26)31-13-11-20-10-12-30(4)25(20)16-31/h5-9,14-15,19-20,25H,10-13,16H2,1-4H3,(H,28,29)/t19-,20?,25?/m1/s1. The van der Waals surface area contributed by atoms with E-state index in [4.69, 9.17) is 0 Å². The summed E-state index contributed by atoms with van der Waals surface area (Å²) >= 11 is 0. The maximum absolute atomic E-state index is 4.49. The fourth-order valence-electron chi connectivity index (χ4n) is 5.48. The largest absolute Gasteiger partial charge is 0.370 e. The van der Waals surface area contributed by atoms with Crippen molar-refractivity contribution >= 4 is 22.3 Å². The first-order valence-electron chi connectivity index (χ1n) is 11.5. The minimum atomic E-state index is 0.159. The minimum Gasteiger partial charge on any atom is -0.370 e. The number of hydrogen-bond donors (Lipinski definition) is 1. The Labute approximate surface area is 185 Å². The molecule has 0 saturated carbocycles. The van der Waals surface area contributed by atoms with E-state index in [1.807, 2.05) is 6.20 Å². The molecule has 3 atom stereocenters. The van der Waals surface area contributed by atoms with E-state index in [1.165, 1.54) is 41.8 Å². The zero-order valence-corrected chi connectivity index (χ0v) is 19.1. The van der Waals surface area contributed by atoms with Gasteiger partial charge in [-0.05, 0) is 81.9 Å². The summed E-state index contributed by atoms with van der Waals surface area (Å²) in [5, 5.41) is 14.7. The van der Waals surface area contributed by atoms with Crippen LogP contribution in [0.1, 0.15) is 42.5 Å². The Morgan fingerprint density at radius 1 is 1.10 bits per heavy atom. The van der Waals surface area contributed by atoms with E-state index < -0.39 is 0 Å². The Bertz CT molecular complexity index is 1090. The molecule has 1 aromatic heterocycles. The average molecular weight is 416 g/mol. The summed E-state index contributed by atoms with van der Waals surface area (Å²) in [6, 6.07) is 14.1. The number of fused-ring (bicyclic) bond motifs is 2. The molecule has 0 bridgehead atoms. The van der Waals surface area contributed by atoms with E-state index in [9.17, 15) is 0 Å². The molecule has 5 nitrogen and oxygen atoms in total. The first-order valence-corrected chi connectivity index (χ1v) is 11.5. The smallest absolute Gasteiger partial charge is 0.157 e. The van der Waals surface area contributed by atoms with E-state index in [-0.39, 0.29) is 6.04 Å². The van der Waals surface area contributed by atoms with Gasteiger partial charge in [-0.3, -0.25) is 0 Å². The molecule has 0 amide bonds. The molecule has 1 N–H and O–H groups in total. The topological polar surface area (TPSA) is 44.3 Å². The van der Waals surface area contributed by atoms with Crippen LogP contribution >= 0.6 is 0 Å². The van der Waals surface area contributed by atoms with Crippen LogP contribution in [0.5, 0.6) is 0 Å². The van der Waals surface area contributed by atoms with Crippen molar-refractivity contribution in [2.75, 3.05) is 36.9 Å². The van der Waals surface area contributed by atoms with Gasteiger partial charge in [0.15, 0.2) is 5.82 Å². The van der Waals surface area contributed by atoms with Crippen molar-refractivity contribution in [3.05, 3.63) is 59.3 Å². The van der Waals surface area contributed by atoms with Crippen LogP contribution in [0.15, 0.2) is 42.6 Å². The maximum atomic E-state index is 4.49. The number of rotatable bonds is 4. The van der Waals surface area contributed by atoms with Crippen LogP contribution in [-0.2, 0) is 0 Å². The van der Waals surface area contributed by atoms with Crippen LogP contribution < -0.4 is 10.2 Å². The number of likely N-dealkylation sites (N-methyl/N-ethyl adjacent to an activating group) is 1. The predicted octanol–water partition coefficient (Wildman–Crippen LogP) is 4.95. The van der Waals surface area contributed by atoms with Crippen molar-refractivity contribution in [2.45, 2.75) is 45.7 Å². The van der Waals surface area contributed by atoms with Gasteiger partial charge in [-0.25, -0.2) is 0 Å². The van der Waals surface area contributed by atoms with Gasteiger partial charge in [-0.1, -0.05) is 24.3 Å². The average Bonchev–Trinajstić information content (AvgIpc) is 3.15. The zero-order chi connectivity index (χ0) is 21.5. The van der Waals surface area contributed by atoms with Gasteiger partial charge in [0, 0.05) is 35.6 Å². The number of nitrogens with zero attached hydrogens (tertiary/aromatic N) is 4. The number of piperidine rings is 1. The van der Waals surface area contributed by atoms with Crippen LogP contribution in [0.25, 0.3) is 10.8 Å². The quantitative estimate of drug-likeness (QED) is 0.653. The first kappa shape index (κ1) is 20.3.